The second kappa shape index (κ2) is 13.5. The fraction of sp³-hybridized carbons (Fsp3) is 0.667. The maximum atomic E-state index is 12.0. The highest BCUT2D eigenvalue weighted by atomic mass is 16.4. The Balaban J connectivity index is 4.51. The van der Waals surface area contributed by atoms with Gasteiger partial charge in [0.25, 0.3) is 0 Å². The molecule has 0 aromatic heterocycles. The van der Waals surface area contributed by atoms with Crippen molar-refractivity contribution in [1.29, 1.82) is 0 Å². The zero-order valence-corrected chi connectivity index (χ0v) is 14.9. The molecular weight excluding hydrogens is 362 g/mol. The quantitative estimate of drug-likeness (QED) is 0.152. The van der Waals surface area contributed by atoms with Gasteiger partial charge < -0.3 is 37.6 Å². The van der Waals surface area contributed by atoms with E-state index in [1.807, 2.05) is 0 Å². The Morgan fingerprint density at radius 2 is 1.48 bits per heavy atom. The molecule has 0 heterocycles. The molecule has 0 aliphatic carbocycles. The van der Waals surface area contributed by atoms with E-state index in [0.717, 1.165) is 0 Å². The molecule has 0 aromatic rings. The summed E-state index contributed by atoms with van der Waals surface area (Å²) in [5, 5.41) is 24.0. The van der Waals surface area contributed by atoms with Crippen molar-refractivity contribution in [2.24, 2.45) is 11.5 Å². The number of carboxylic acid groups (broad SMARTS) is 2. The summed E-state index contributed by atoms with van der Waals surface area (Å²) in [5.41, 5.74) is 10.9. The van der Waals surface area contributed by atoms with Crippen molar-refractivity contribution in [3.05, 3.63) is 0 Å². The van der Waals surface area contributed by atoms with Crippen molar-refractivity contribution in [3.8, 4) is 0 Å². The Kier molecular flexibility index (Phi) is 12.1. The van der Waals surface area contributed by atoms with Gasteiger partial charge in [-0.1, -0.05) is 0 Å². The Bertz CT molecular complexity index is 541. The number of carbonyl (C=O) groups excluding carboxylic acids is 3. The van der Waals surface area contributed by atoms with Gasteiger partial charge >= 0.3 is 11.9 Å². The predicted molar refractivity (Wildman–Crippen MR) is 93.3 cm³/mol. The van der Waals surface area contributed by atoms with E-state index in [1.54, 1.807) is 0 Å². The molecule has 27 heavy (non-hydrogen) atoms. The van der Waals surface area contributed by atoms with Crippen molar-refractivity contribution in [2.75, 3.05) is 19.6 Å². The summed E-state index contributed by atoms with van der Waals surface area (Å²) in [6.07, 6.45) is 1.04. The SMILES string of the molecule is NCCCC[C@H](NC(=O)CNC(=O)[C@@H](N)CCC(=O)O)C(=O)NCC(=O)O. The molecule has 3 amide bonds. The molecule has 9 N–H and O–H groups in total. The lowest BCUT2D eigenvalue weighted by molar-refractivity contribution is -0.139. The first-order valence-corrected chi connectivity index (χ1v) is 8.41. The van der Waals surface area contributed by atoms with Gasteiger partial charge in [-0.25, -0.2) is 0 Å². The summed E-state index contributed by atoms with van der Waals surface area (Å²) in [6.45, 7) is -0.641. The van der Waals surface area contributed by atoms with E-state index >= 15 is 0 Å². The number of carbonyl (C=O) groups is 5. The van der Waals surface area contributed by atoms with E-state index in [-0.39, 0.29) is 19.3 Å². The molecule has 0 rings (SSSR count). The van der Waals surface area contributed by atoms with Crippen LogP contribution in [0.4, 0.5) is 0 Å². The molecule has 0 unspecified atom stereocenters. The fourth-order valence-electron chi connectivity index (χ4n) is 2.00. The van der Waals surface area contributed by atoms with E-state index in [1.165, 1.54) is 0 Å². The van der Waals surface area contributed by atoms with Gasteiger partial charge in [0.2, 0.25) is 17.7 Å². The van der Waals surface area contributed by atoms with Gasteiger partial charge in [0, 0.05) is 6.42 Å². The van der Waals surface area contributed by atoms with Crippen molar-refractivity contribution in [2.45, 2.75) is 44.2 Å². The van der Waals surface area contributed by atoms with Crippen LogP contribution in [0.15, 0.2) is 0 Å². The zero-order chi connectivity index (χ0) is 20.8. The van der Waals surface area contributed by atoms with E-state index in [4.69, 9.17) is 21.7 Å². The summed E-state index contributed by atoms with van der Waals surface area (Å²) in [4.78, 5) is 56.6. The third kappa shape index (κ3) is 12.3. The fourth-order valence-corrected chi connectivity index (χ4v) is 2.00. The molecule has 12 nitrogen and oxygen atoms in total. The molecule has 0 saturated heterocycles. The van der Waals surface area contributed by atoms with Crippen molar-refractivity contribution in [1.82, 2.24) is 16.0 Å². The smallest absolute Gasteiger partial charge is 0.322 e. The summed E-state index contributed by atoms with van der Waals surface area (Å²) in [5.74, 6) is -4.34. The lowest BCUT2D eigenvalue weighted by atomic mass is 10.1. The molecule has 154 valence electrons. The lowest BCUT2D eigenvalue weighted by Crippen LogP contribution is -2.51. The third-order valence-electron chi connectivity index (χ3n) is 3.44. The minimum absolute atomic E-state index is 0.0813. The summed E-state index contributed by atoms with van der Waals surface area (Å²) in [7, 11) is 0. The topological polar surface area (TPSA) is 214 Å². The van der Waals surface area contributed by atoms with Gasteiger partial charge in [-0.2, -0.15) is 0 Å². The van der Waals surface area contributed by atoms with Gasteiger partial charge in [0.15, 0.2) is 0 Å². The number of hydrogen-bond acceptors (Lipinski definition) is 7. The van der Waals surface area contributed by atoms with Crippen LogP contribution in [0, 0.1) is 0 Å². The number of aliphatic carboxylic acids is 2. The molecule has 12 heteroatoms. The Morgan fingerprint density at radius 3 is 2.04 bits per heavy atom. The number of carboxylic acids is 2. The van der Waals surface area contributed by atoms with E-state index in [2.05, 4.69) is 16.0 Å². The van der Waals surface area contributed by atoms with Crippen molar-refractivity contribution < 1.29 is 34.2 Å². The van der Waals surface area contributed by atoms with Crippen LogP contribution < -0.4 is 27.4 Å². The summed E-state index contributed by atoms with van der Waals surface area (Å²) >= 11 is 0. The maximum Gasteiger partial charge on any atom is 0.322 e. The second-order valence-corrected chi connectivity index (χ2v) is 5.77. The molecule has 0 aliphatic rings. The minimum atomic E-state index is -1.22. The molecular formula is C15H27N5O7. The molecule has 0 fully saturated rings. The van der Waals surface area contributed by atoms with Gasteiger partial charge in [-0.3, -0.25) is 24.0 Å². The Labute approximate surface area is 156 Å². The van der Waals surface area contributed by atoms with Crippen LogP contribution in [-0.4, -0.2) is 71.6 Å². The number of nitrogens with one attached hydrogen (secondary N) is 3. The average Bonchev–Trinajstić information content (AvgIpc) is 2.61. The van der Waals surface area contributed by atoms with E-state index in [0.29, 0.717) is 19.4 Å². The van der Waals surface area contributed by atoms with E-state index < -0.39 is 54.8 Å². The lowest BCUT2D eigenvalue weighted by Gasteiger charge is -2.18. The largest absolute Gasteiger partial charge is 0.481 e. The maximum absolute atomic E-state index is 12.0. The first kappa shape index (κ1) is 24.3. The van der Waals surface area contributed by atoms with Gasteiger partial charge in [-0.05, 0) is 32.2 Å². The van der Waals surface area contributed by atoms with Crippen LogP contribution in [0.5, 0.6) is 0 Å². The van der Waals surface area contributed by atoms with Crippen LogP contribution in [0.2, 0.25) is 0 Å². The normalized spacial score (nSPS) is 12.5. The number of rotatable bonds is 14. The molecule has 2 atom stereocenters. The van der Waals surface area contributed by atoms with Crippen molar-refractivity contribution in [3.63, 3.8) is 0 Å². The van der Waals surface area contributed by atoms with Crippen molar-refractivity contribution >= 4 is 29.7 Å². The standard InChI is InChI=1S/C15H27N5O7/c16-6-2-1-3-10(15(27)19-8-13(24)25)20-11(21)7-18-14(26)9(17)4-5-12(22)23/h9-10H,1-8,16-17H2,(H,18,26)(H,19,27)(H,20,21)(H,22,23)(H,24,25)/t9-,10-/m0/s1. The van der Waals surface area contributed by atoms with Crippen LogP contribution in [0.25, 0.3) is 0 Å². The third-order valence-corrected chi connectivity index (χ3v) is 3.44. The molecule has 0 spiro atoms. The number of unbranched alkanes of at least 4 members (excludes halogenated alkanes) is 1. The Morgan fingerprint density at radius 1 is 0.852 bits per heavy atom. The van der Waals surface area contributed by atoms with Gasteiger partial charge in [0.1, 0.15) is 12.6 Å². The highest BCUT2D eigenvalue weighted by molar-refractivity contribution is 5.92. The molecule has 0 bridgehead atoms. The first-order chi connectivity index (χ1) is 12.7. The van der Waals surface area contributed by atoms with Crippen LogP contribution in [0.1, 0.15) is 32.1 Å². The highest BCUT2D eigenvalue weighted by Gasteiger charge is 2.22. The van der Waals surface area contributed by atoms with Crippen LogP contribution in [-0.2, 0) is 24.0 Å². The molecule has 0 aliphatic heterocycles. The average molecular weight is 389 g/mol. The number of nitrogens with two attached hydrogens (primary N) is 2. The predicted octanol–water partition coefficient (Wildman–Crippen LogP) is -2.89. The summed E-state index contributed by atoms with van der Waals surface area (Å²) in [6, 6.07) is -2.05. The number of hydrogen-bond donors (Lipinski definition) is 7. The zero-order valence-electron chi connectivity index (χ0n) is 14.9. The first-order valence-electron chi connectivity index (χ1n) is 8.41. The summed E-state index contributed by atoms with van der Waals surface area (Å²) < 4.78 is 0. The van der Waals surface area contributed by atoms with Crippen LogP contribution in [0.3, 0.4) is 0 Å². The Hall–Kier alpha value is -2.73. The second-order valence-electron chi connectivity index (χ2n) is 5.77. The number of amides is 3. The molecule has 0 aromatic carbocycles. The monoisotopic (exact) mass is 389 g/mol. The molecule has 0 radical (unpaired) electrons. The minimum Gasteiger partial charge on any atom is -0.481 e. The molecule has 0 saturated carbocycles. The van der Waals surface area contributed by atoms with Gasteiger partial charge in [0.05, 0.1) is 12.6 Å². The van der Waals surface area contributed by atoms with Gasteiger partial charge in [-0.15, -0.1) is 0 Å². The highest BCUT2D eigenvalue weighted by Crippen LogP contribution is 2.01. The van der Waals surface area contributed by atoms with Crippen LogP contribution >= 0.6 is 0 Å². The van der Waals surface area contributed by atoms with E-state index in [9.17, 15) is 24.0 Å².